The van der Waals surface area contributed by atoms with Crippen LogP contribution >= 0.6 is 0 Å². The van der Waals surface area contributed by atoms with Crippen LogP contribution in [0.4, 0.5) is 0 Å². The van der Waals surface area contributed by atoms with E-state index in [0.29, 0.717) is 24.3 Å². The summed E-state index contributed by atoms with van der Waals surface area (Å²) in [4.78, 5) is 36.8. The standard InChI is InChI=1S/C23H26N4O2/c1-15-20(17(3)28)16(2)25-21(15)23(29)27-12-10-26(11-13-27)14-19-7-4-6-18-8-5-9-24-22(18)19/h4-9,25H,10-14H2,1-3H3. The fraction of sp³-hybridized carbons (Fsp3) is 0.348. The largest absolute Gasteiger partial charge is 0.354 e. The molecule has 4 rings (SSSR count). The van der Waals surface area contributed by atoms with Crippen LogP contribution in [0.3, 0.4) is 0 Å². The number of fused-ring (bicyclic) bond motifs is 1. The molecule has 2 aromatic heterocycles. The van der Waals surface area contributed by atoms with E-state index in [9.17, 15) is 9.59 Å². The first-order valence-electron chi connectivity index (χ1n) is 10.00. The van der Waals surface area contributed by atoms with E-state index in [4.69, 9.17) is 0 Å². The van der Waals surface area contributed by atoms with E-state index in [-0.39, 0.29) is 11.7 Å². The number of nitrogens with zero attached hydrogens (tertiary/aromatic N) is 3. The zero-order valence-corrected chi connectivity index (χ0v) is 17.2. The Morgan fingerprint density at radius 1 is 1.07 bits per heavy atom. The lowest BCUT2D eigenvalue weighted by Crippen LogP contribution is -2.48. The Hall–Kier alpha value is -2.99. The molecule has 0 aliphatic carbocycles. The maximum absolute atomic E-state index is 13.0. The summed E-state index contributed by atoms with van der Waals surface area (Å²) in [7, 11) is 0. The van der Waals surface area contributed by atoms with Crippen LogP contribution in [0.5, 0.6) is 0 Å². The van der Waals surface area contributed by atoms with E-state index in [1.807, 2.05) is 31.0 Å². The lowest BCUT2D eigenvalue weighted by atomic mass is 10.1. The molecule has 0 atom stereocenters. The lowest BCUT2D eigenvalue weighted by molar-refractivity contribution is 0.0623. The number of aromatic nitrogens is 2. The van der Waals surface area contributed by atoms with Gasteiger partial charge in [-0.05, 0) is 38.0 Å². The van der Waals surface area contributed by atoms with Crippen molar-refractivity contribution in [3.8, 4) is 0 Å². The second-order valence-corrected chi connectivity index (χ2v) is 7.74. The van der Waals surface area contributed by atoms with Gasteiger partial charge in [-0.2, -0.15) is 0 Å². The van der Waals surface area contributed by atoms with E-state index in [1.165, 1.54) is 5.56 Å². The van der Waals surface area contributed by atoms with Crippen molar-refractivity contribution in [2.24, 2.45) is 0 Å². The molecule has 0 unspecified atom stereocenters. The molecule has 6 nitrogen and oxygen atoms in total. The number of Topliss-reactive ketones (excluding diaryl/α,β-unsaturated/α-hetero) is 1. The molecule has 1 aliphatic heterocycles. The number of nitrogens with one attached hydrogen (secondary N) is 1. The molecular formula is C23H26N4O2. The highest BCUT2D eigenvalue weighted by Gasteiger charge is 2.27. The number of carbonyl (C=O) groups excluding carboxylic acids is 2. The summed E-state index contributed by atoms with van der Waals surface area (Å²) in [5.74, 6) is -0.0339. The van der Waals surface area contributed by atoms with Crippen LogP contribution < -0.4 is 0 Å². The number of hydrogen-bond acceptors (Lipinski definition) is 4. The topological polar surface area (TPSA) is 69.3 Å². The highest BCUT2D eigenvalue weighted by molar-refractivity contribution is 6.02. The van der Waals surface area contributed by atoms with Crippen molar-refractivity contribution in [2.45, 2.75) is 27.3 Å². The van der Waals surface area contributed by atoms with Gasteiger partial charge in [0.1, 0.15) is 5.69 Å². The summed E-state index contributed by atoms with van der Waals surface area (Å²) >= 11 is 0. The highest BCUT2D eigenvalue weighted by Crippen LogP contribution is 2.22. The summed E-state index contributed by atoms with van der Waals surface area (Å²) in [5.41, 5.74) is 4.95. The first-order chi connectivity index (χ1) is 14.0. The van der Waals surface area contributed by atoms with E-state index in [2.05, 4.69) is 39.1 Å². The number of para-hydroxylation sites is 1. The van der Waals surface area contributed by atoms with Crippen molar-refractivity contribution >= 4 is 22.6 Å². The molecule has 0 saturated carbocycles. The second kappa shape index (κ2) is 7.79. The van der Waals surface area contributed by atoms with Gasteiger partial charge in [-0.25, -0.2) is 0 Å². The molecule has 0 bridgehead atoms. The van der Waals surface area contributed by atoms with Crippen molar-refractivity contribution < 1.29 is 9.59 Å². The number of aromatic amines is 1. The van der Waals surface area contributed by atoms with Gasteiger partial charge in [0.25, 0.3) is 5.91 Å². The Morgan fingerprint density at radius 2 is 1.79 bits per heavy atom. The van der Waals surface area contributed by atoms with Crippen LogP contribution in [-0.4, -0.2) is 57.6 Å². The third kappa shape index (κ3) is 3.68. The molecule has 6 heteroatoms. The minimum absolute atomic E-state index is 0.0104. The average molecular weight is 390 g/mol. The summed E-state index contributed by atoms with van der Waals surface area (Å²) in [6, 6.07) is 10.3. The first kappa shape index (κ1) is 19.3. The molecule has 1 saturated heterocycles. The van der Waals surface area contributed by atoms with Crippen molar-refractivity contribution in [1.82, 2.24) is 19.8 Å². The zero-order chi connectivity index (χ0) is 20.5. The number of amides is 1. The number of H-pyrrole nitrogens is 1. The van der Waals surface area contributed by atoms with E-state index in [0.717, 1.165) is 41.8 Å². The van der Waals surface area contributed by atoms with Gasteiger partial charge in [-0.1, -0.05) is 24.3 Å². The van der Waals surface area contributed by atoms with Gasteiger partial charge in [-0.3, -0.25) is 19.5 Å². The smallest absolute Gasteiger partial charge is 0.270 e. The van der Waals surface area contributed by atoms with Crippen LogP contribution in [0.2, 0.25) is 0 Å². The molecule has 29 heavy (non-hydrogen) atoms. The molecule has 1 amide bonds. The van der Waals surface area contributed by atoms with Crippen molar-refractivity contribution in [1.29, 1.82) is 0 Å². The van der Waals surface area contributed by atoms with Gasteiger partial charge in [0, 0.05) is 55.6 Å². The van der Waals surface area contributed by atoms with Crippen molar-refractivity contribution in [2.75, 3.05) is 26.2 Å². The molecule has 1 aliphatic rings. The van der Waals surface area contributed by atoms with Crippen LogP contribution in [0.15, 0.2) is 36.5 Å². The second-order valence-electron chi connectivity index (χ2n) is 7.74. The van der Waals surface area contributed by atoms with Crippen molar-refractivity contribution in [3.63, 3.8) is 0 Å². The molecular weight excluding hydrogens is 364 g/mol. The van der Waals surface area contributed by atoms with Gasteiger partial charge >= 0.3 is 0 Å². The van der Waals surface area contributed by atoms with E-state index in [1.54, 1.807) is 6.92 Å². The van der Waals surface area contributed by atoms with Gasteiger partial charge < -0.3 is 9.88 Å². The average Bonchev–Trinajstić information content (AvgIpc) is 3.02. The number of carbonyl (C=O) groups is 2. The number of piperazine rings is 1. The van der Waals surface area contributed by atoms with Crippen LogP contribution in [0.1, 0.15) is 44.6 Å². The van der Waals surface area contributed by atoms with Crippen LogP contribution in [0, 0.1) is 13.8 Å². The third-order valence-electron chi connectivity index (χ3n) is 5.77. The molecule has 3 heterocycles. The van der Waals surface area contributed by atoms with E-state index >= 15 is 0 Å². The molecule has 0 radical (unpaired) electrons. The minimum Gasteiger partial charge on any atom is -0.354 e. The Bertz CT molecular complexity index is 1070. The third-order valence-corrected chi connectivity index (χ3v) is 5.77. The number of ketones is 1. The zero-order valence-electron chi connectivity index (χ0n) is 17.2. The van der Waals surface area contributed by atoms with Gasteiger partial charge in [0.15, 0.2) is 5.78 Å². The highest BCUT2D eigenvalue weighted by atomic mass is 16.2. The summed E-state index contributed by atoms with van der Waals surface area (Å²) in [6.45, 7) is 9.02. The Kier molecular flexibility index (Phi) is 5.20. The maximum Gasteiger partial charge on any atom is 0.270 e. The van der Waals surface area contributed by atoms with Crippen molar-refractivity contribution in [3.05, 3.63) is 64.6 Å². The molecule has 0 spiro atoms. The number of benzene rings is 1. The van der Waals surface area contributed by atoms with Gasteiger partial charge in [0.05, 0.1) is 5.52 Å². The Balaban J connectivity index is 1.44. The maximum atomic E-state index is 13.0. The number of hydrogen-bond donors (Lipinski definition) is 1. The summed E-state index contributed by atoms with van der Waals surface area (Å²) in [5, 5.41) is 1.15. The molecule has 1 N–H and O–H groups in total. The molecule has 150 valence electrons. The van der Waals surface area contributed by atoms with Crippen LogP contribution in [-0.2, 0) is 6.54 Å². The summed E-state index contributed by atoms with van der Waals surface area (Å²) in [6.07, 6.45) is 1.83. The number of pyridine rings is 1. The van der Waals surface area contributed by atoms with Gasteiger partial charge in [-0.15, -0.1) is 0 Å². The lowest BCUT2D eigenvalue weighted by Gasteiger charge is -2.34. The van der Waals surface area contributed by atoms with Crippen LogP contribution in [0.25, 0.3) is 10.9 Å². The van der Waals surface area contributed by atoms with Gasteiger partial charge in [0.2, 0.25) is 0 Å². The fourth-order valence-electron chi connectivity index (χ4n) is 4.30. The first-order valence-corrected chi connectivity index (χ1v) is 10.00. The predicted molar refractivity (Wildman–Crippen MR) is 113 cm³/mol. The molecule has 1 fully saturated rings. The Morgan fingerprint density at radius 3 is 2.48 bits per heavy atom. The number of rotatable bonds is 4. The minimum atomic E-state index is -0.0235. The van der Waals surface area contributed by atoms with E-state index < -0.39 is 0 Å². The summed E-state index contributed by atoms with van der Waals surface area (Å²) < 4.78 is 0. The monoisotopic (exact) mass is 390 g/mol. The predicted octanol–water partition coefficient (Wildman–Crippen LogP) is 3.34. The normalized spacial score (nSPS) is 15.1. The fourth-order valence-corrected chi connectivity index (χ4v) is 4.30. The number of aryl methyl sites for hydroxylation is 1. The molecule has 1 aromatic carbocycles. The quantitative estimate of drug-likeness (QED) is 0.694. The SMILES string of the molecule is CC(=O)c1c(C)[nH]c(C(=O)N2CCN(Cc3cccc4cccnc34)CC2)c1C. The molecule has 3 aromatic rings. The Labute approximate surface area is 170 Å².